The lowest BCUT2D eigenvalue weighted by molar-refractivity contribution is 0.102. The number of nitrogens with one attached hydrogen (secondary N) is 2. The van der Waals surface area contributed by atoms with Gasteiger partial charge in [0.05, 0.1) is 23.8 Å². The van der Waals surface area contributed by atoms with Gasteiger partial charge in [-0.15, -0.1) is 0 Å². The van der Waals surface area contributed by atoms with Crippen LogP contribution in [0.25, 0.3) is 0 Å². The van der Waals surface area contributed by atoms with Crippen molar-refractivity contribution in [3.8, 4) is 11.5 Å². The first-order chi connectivity index (χ1) is 15.7. The Balaban J connectivity index is 1.73. The van der Waals surface area contributed by atoms with Gasteiger partial charge in [0, 0.05) is 11.3 Å². The Hall–Kier alpha value is -3.52. The fourth-order valence-electron chi connectivity index (χ4n) is 3.24. The molecule has 7 nitrogen and oxygen atoms in total. The van der Waals surface area contributed by atoms with E-state index in [4.69, 9.17) is 9.47 Å². The predicted octanol–water partition coefficient (Wildman–Crippen LogP) is 5.15. The van der Waals surface area contributed by atoms with Crippen LogP contribution in [0.1, 0.15) is 35.3 Å². The van der Waals surface area contributed by atoms with Crippen molar-refractivity contribution < 1.29 is 22.7 Å². The molecule has 0 saturated heterocycles. The van der Waals surface area contributed by atoms with Crippen LogP contribution in [0.15, 0.2) is 65.6 Å². The first-order valence-electron chi connectivity index (χ1n) is 10.6. The summed E-state index contributed by atoms with van der Waals surface area (Å²) in [6.07, 6.45) is 0. The molecule has 0 unspecified atom stereocenters. The zero-order valence-electron chi connectivity index (χ0n) is 19.1. The van der Waals surface area contributed by atoms with Crippen LogP contribution in [-0.4, -0.2) is 27.5 Å². The maximum atomic E-state index is 12.8. The van der Waals surface area contributed by atoms with E-state index in [0.717, 1.165) is 11.1 Å². The van der Waals surface area contributed by atoms with Crippen LogP contribution in [0, 0.1) is 13.8 Å². The minimum atomic E-state index is -3.76. The van der Waals surface area contributed by atoms with E-state index in [1.807, 2.05) is 39.8 Å². The molecule has 0 aliphatic heterocycles. The molecule has 174 valence electrons. The lowest BCUT2D eigenvalue weighted by Gasteiger charge is -2.13. The van der Waals surface area contributed by atoms with Gasteiger partial charge in [-0.1, -0.05) is 17.7 Å². The number of rotatable bonds is 9. The van der Waals surface area contributed by atoms with Crippen LogP contribution in [0.2, 0.25) is 0 Å². The van der Waals surface area contributed by atoms with E-state index in [9.17, 15) is 13.2 Å². The summed E-state index contributed by atoms with van der Waals surface area (Å²) in [4.78, 5) is 12.8. The van der Waals surface area contributed by atoms with Gasteiger partial charge in [-0.25, -0.2) is 8.42 Å². The normalized spacial score (nSPS) is 11.0. The van der Waals surface area contributed by atoms with Gasteiger partial charge in [-0.05, 0) is 81.8 Å². The average molecular weight is 469 g/mol. The Bertz CT molecular complexity index is 1240. The molecule has 0 fully saturated rings. The molecular formula is C25H28N2O5S. The van der Waals surface area contributed by atoms with Crippen LogP contribution in [-0.2, 0) is 10.0 Å². The molecule has 3 aromatic rings. The molecule has 0 radical (unpaired) electrons. The van der Waals surface area contributed by atoms with Crippen LogP contribution in [0.3, 0.4) is 0 Å². The second kappa shape index (κ2) is 10.4. The monoisotopic (exact) mass is 468 g/mol. The lowest BCUT2D eigenvalue weighted by Crippen LogP contribution is -2.15. The van der Waals surface area contributed by atoms with E-state index >= 15 is 0 Å². The van der Waals surface area contributed by atoms with Gasteiger partial charge in [0.15, 0.2) is 11.5 Å². The lowest BCUT2D eigenvalue weighted by atomic mass is 10.1. The first kappa shape index (κ1) is 24.1. The molecule has 0 aromatic heterocycles. The van der Waals surface area contributed by atoms with Gasteiger partial charge in [0.25, 0.3) is 15.9 Å². The van der Waals surface area contributed by atoms with Gasteiger partial charge in [0.2, 0.25) is 0 Å². The molecule has 0 atom stereocenters. The minimum absolute atomic E-state index is 0.0974. The van der Waals surface area contributed by atoms with Crippen molar-refractivity contribution in [1.29, 1.82) is 0 Å². The van der Waals surface area contributed by atoms with Gasteiger partial charge in [-0.3, -0.25) is 9.52 Å². The van der Waals surface area contributed by atoms with Crippen molar-refractivity contribution in [1.82, 2.24) is 0 Å². The molecule has 33 heavy (non-hydrogen) atoms. The average Bonchev–Trinajstić information content (AvgIpc) is 2.77. The SMILES string of the molecule is CCOc1ccc(C(=O)Nc2ccc(S(=O)(=O)Nc3ccc(C)cc3C)cc2)cc1OCC. The molecular weight excluding hydrogens is 440 g/mol. The summed E-state index contributed by atoms with van der Waals surface area (Å²) in [5, 5.41) is 2.77. The number of hydrogen-bond donors (Lipinski definition) is 2. The predicted molar refractivity (Wildman–Crippen MR) is 130 cm³/mol. The van der Waals surface area contributed by atoms with Crippen molar-refractivity contribution >= 4 is 27.3 Å². The summed E-state index contributed by atoms with van der Waals surface area (Å²) >= 11 is 0. The molecule has 2 N–H and O–H groups in total. The number of anilines is 2. The molecule has 3 aromatic carbocycles. The van der Waals surface area contributed by atoms with E-state index in [1.165, 1.54) is 12.1 Å². The maximum Gasteiger partial charge on any atom is 0.261 e. The third-order valence-electron chi connectivity index (χ3n) is 4.85. The second-order valence-corrected chi connectivity index (χ2v) is 9.11. The quantitative estimate of drug-likeness (QED) is 0.453. The van der Waals surface area contributed by atoms with Crippen LogP contribution in [0.4, 0.5) is 11.4 Å². The molecule has 8 heteroatoms. The minimum Gasteiger partial charge on any atom is -0.490 e. The Kier molecular flexibility index (Phi) is 7.60. The number of hydrogen-bond acceptors (Lipinski definition) is 5. The highest BCUT2D eigenvalue weighted by Crippen LogP contribution is 2.29. The number of amides is 1. The molecule has 0 spiro atoms. The topological polar surface area (TPSA) is 93.7 Å². The third-order valence-corrected chi connectivity index (χ3v) is 6.24. The summed E-state index contributed by atoms with van der Waals surface area (Å²) < 4.78 is 39.2. The van der Waals surface area contributed by atoms with E-state index in [0.29, 0.717) is 41.7 Å². The molecule has 0 saturated carbocycles. The van der Waals surface area contributed by atoms with Gasteiger partial charge in [0.1, 0.15) is 0 Å². The Morgan fingerprint density at radius 1 is 0.848 bits per heavy atom. The van der Waals surface area contributed by atoms with Crippen LogP contribution in [0.5, 0.6) is 11.5 Å². The summed E-state index contributed by atoms with van der Waals surface area (Å²) in [5.41, 5.74) is 3.28. The Morgan fingerprint density at radius 2 is 1.52 bits per heavy atom. The summed E-state index contributed by atoms with van der Waals surface area (Å²) in [5.74, 6) is 0.718. The van der Waals surface area contributed by atoms with Gasteiger partial charge >= 0.3 is 0 Å². The maximum absolute atomic E-state index is 12.8. The van der Waals surface area contributed by atoms with E-state index in [-0.39, 0.29) is 10.8 Å². The smallest absolute Gasteiger partial charge is 0.261 e. The molecule has 0 heterocycles. The molecule has 0 aliphatic rings. The fourth-order valence-corrected chi connectivity index (χ4v) is 4.38. The van der Waals surface area contributed by atoms with Gasteiger partial charge in [-0.2, -0.15) is 0 Å². The highest BCUT2D eigenvalue weighted by atomic mass is 32.2. The van der Waals surface area contributed by atoms with Crippen molar-refractivity contribution in [2.75, 3.05) is 23.3 Å². The van der Waals surface area contributed by atoms with E-state index in [1.54, 1.807) is 36.4 Å². The van der Waals surface area contributed by atoms with E-state index < -0.39 is 10.0 Å². The zero-order valence-corrected chi connectivity index (χ0v) is 20.0. The van der Waals surface area contributed by atoms with Crippen molar-refractivity contribution in [3.05, 3.63) is 77.4 Å². The van der Waals surface area contributed by atoms with Gasteiger partial charge < -0.3 is 14.8 Å². The summed E-state index contributed by atoms with van der Waals surface area (Å²) in [6.45, 7) is 8.45. The number of carbonyl (C=O) groups excluding carboxylic acids is 1. The molecule has 0 bridgehead atoms. The number of carbonyl (C=O) groups is 1. The Morgan fingerprint density at radius 3 is 2.15 bits per heavy atom. The molecule has 0 aliphatic carbocycles. The highest BCUT2D eigenvalue weighted by Gasteiger charge is 2.16. The van der Waals surface area contributed by atoms with Crippen LogP contribution < -0.4 is 19.5 Å². The van der Waals surface area contributed by atoms with E-state index in [2.05, 4.69) is 10.0 Å². The standard InChI is InChI=1S/C25H28N2O5S/c1-5-31-23-14-8-19(16-24(23)32-6-2)25(28)26-20-9-11-21(12-10-20)33(29,30)27-22-13-7-17(3)15-18(22)4/h7-16,27H,5-6H2,1-4H3,(H,26,28). The van der Waals surface area contributed by atoms with Crippen molar-refractivity contribution in [3.63, 3.8) is 0 Å². The Labute approximate surface area is 194 Å². The second-order valence-electron chi connectivity index (χ2n) is 7.43. The summed E-state index contributed by atoms with van der Waals surface area (Å²) in [7, 11) is -3.76. The molecule has 3 rings (SSSR count). The number of sulfonamides is 1. The number of aryl methyl sites for hydroxylation is 2. The number of ether oxygens (including phenoxy) is 2. The first-order valence-corrected chi connectivity index (χ1v) is 12.1. The summed E-state index contributed by atoms with van der Waals surface area (Å²) in [6, 6.07) is 16.5. The highest BCUT2D eigenvalue weighted by molar-refractivity contribution is 7.92. The largest absolute Gasteiger partial charge is 0.490 e. The zero-order chi connectivity index (χ0) is 24.0. The van der Waals surface area contributed by atoms with Crippen molar-refractivity contribution in [2.24, 2.45) is 0 Å². The number of benzene rings is 3. The third kappa shape index (κ3) is 6.04. The molecule has 1 amide bonds. The fraction of sp³-hybridized carbons (Fsp3) is 0.240. The van der Waals surface area contributed by atoms with Crippen LogP contribution >= 0.6 is 0 Å². The van der Waals surface area contributed by atoms with Crippen molar-refractivity contribution in [2.45, 2.75) is 32.6 Å².